The van der Waals surface area contributed by atoms with Crippen molar-refractivity contribution in [2.45, 2.75) is 44.6 Å². The van der Waals surface area contributed by atoms with Gasteiger partial charge in [0.25, 0.3) is 0 Å². The zero-order chi connectivity index (χ0) is 14.4. The zero-order valence-corrected chi connectivity index (χ0v) is 12.7. The van der Waals surface area contributed by atoms with E-state index in [1.165, 1.54) is 0 Å². The minimum atomic E-state index is -0.769. The number of rotatable bonds is 3. The van der Waals surface area contributed by atoms with E-state index in [2.05, 4.69) is 0 Å². The number of hydrogen-bond donors (Lipinski definition) is 1. The number of urea groups is 1. The highest BCUT2D eigenvalue weighted by Gasteiger charge is 2.30. The monoisotopic (exact) mass is 300 g/mol. The molecule has 1 N–H and O–H groups in total. The fourth-order valence-corrected chi connectivity index (χ4v) is 3.85. The number of carboxylic acid groups (broad SMARTS) is 1. The maximum absolute atomic E-state index is 12.7. The Kier molecular flexibility index (Phi) is 6.01. The zero-order valence-electron chi connectivity index (χ0n) is 11.9. The van der Waals surface area contributed by atoms with Crippen LogP contribution in [0.1, 0.15) is 38.5 Å². The molecule has 2 heterocycles. The van der Waals surface area contributed by atoms with Gasteiger partial charge < -0.3 is 14.9 Å². The predicted molar refractivity (Wildman–Crippen MR) is 80.1 cm³/mol. The minimum Gasteiger partial charge on any atom is -0.481 e. The summed E-state index contributed by atoms with van der Waals surface area (Å²) in [5.74, 6) is 1.38. The normalized spacial score (nSPS) is 24.3. The summed E-state index contributed by atoms with van der Waals surface area (Å²) in [5, 5.41) is 8.84. The van der Waals surface area contributed by atoms with E-state index < -0.39 is 5.97 Å². The van der Waals surface area contributed by atoms with Crippen LogP contribution in [-0.2, 0) is 4.79 Å². The molecule has 0 spiro atoms. The minimum absolute atomic E-state index is 0.114. The van der Waals surface area contributed by atoms with Crippen molar-refractivity contribution >= 4 is 23.8 Å². The van der Waals surface area contributed by atoms with Crippen LogP contribution in [0.15, 0.2) is 0 Å². The van der Waals surface area contributed by atoms with Crippen molar-refractivity contribution in [3.8, 4) is 0 Å². The maximum Gasteiger partial charge on any atom is 0.320 e. The highest BCUT2D eigenvalue weighted by molar-refractivity contribution is 7.99. The van der Waals surface area contributed by atoms with Crippen LogP contribution in [0.4, 0.5) is 4.79 Å². The van der Waals surface area contributed by atoms with Gasteiger partial charge in [-0.3, -0.25) is 4.79 Å². The van der Waals surface area contributed by atoms with Gasteiger partial charge in [0.05, 0.1) is 0 Å². The van der Waals surface area contributed by atoms with Gasteiger partial charge in [-0.15, -0.1) is 0 Å². The van der Waals surface area contributed by atoms with Crippen molar-refractivity contribution in [1.29, 1.82) is 0 Å². The Labute approximate surface area is 124 Å². The molecule has 0 bridgehead atoms. The standard InChI is InChI=1S/C14H24N2O3S/c17-13(18)6-5-12-4-1-2-8-16(12)14(19)15-7-3-10-20-11-9-15/h12H,1-11H2,(H,17,18). The van der Waals surface area contributed by atoms with E-state index in [1.807, 2.05) is 21.6 Å². The van der Waals surface area contributed by atoms with Crippen LogP contribution < -0.4 is 0 Å². The Hall–Kier alpha value is -0.910. The van der Waals surface area contributed by atoms with Gasteiger partial charge in [0.15, 0.2) is 0 Å². The average Bonchev–Trinajstić information content (AvgIpc) is 2.73. The number of amides is 2. The van der Waals surface area contributed by atoms with Gasteiger partial charge in [-0.1, -0.05) is 0 Å². The molecule has 2 fully saturated rings. The van der Waals surface area contributed by atoms with Gasteiger partial charge in [0.1, 0.15) is 0 Å². The first kappa shape index (κ1) is 15.5. The lowest BCUT2D eigenvalue weighted by Crippen LogP contribution is -2.51. The molecular formula is C14H24N2O3S. The first-order chi connectivity index (χ1) is 9.68. The second-order valence-corrected chi connectivity index (χ2v) is 6.74. The molecule has 2 aliphatic heterocycles. The summed E-state index contributed by atoms with van der Waals surface area (Å²) in [6.07, 6.45) is 4.89. The van der Waals surface area contributed by atoms with Crippen LogP contribution >= 0.6 is 11.8 Å². The number of carbonyl (C=O) groups excluding carboxylic acids is 1. The third kappa shape index (κ3) is 4.30. The van der Waals surface area contributed by atoms with Crippen LogP contribution in [0, 0.1) is 0 Å². The predicted octanol–water partition coefficient (Wildman–Crippen LogP) is 2.26. The van der Waals surface area contributed by atoms with E-state index in [1.54, 1.807) is 0 Å². The lowest BCUT2D eigenvalue weighted by molar-refractivity contribution is -0.137. The van der Waals surface area contributed by atoms with Crippen molar-refractivity contribution in [2.75, 3.05) is 31.1 Å². The molecule has 0 aromatic rings. The molecule has 0 radical (unpaired) electrons. The molecule has 2 amide bonds. The number of piperidine rings is 1. The Morgan fingerprint density at radius 1 is 1.10 bits per heavy atom. The van der Waals surface area contributed by atoms with E-state index in [0.29, 0.717) is 6.42 Å². The van der Waals surface area contributed by atoms with Crippen LogP contribution in [-0.4, -0.2) is 64.1 Å². The molecule has 0 aromatic heterocycles. The molecule has 0 saturated carbocycles. The molecule has 2 aliphatic rings. The SMILES string of the molecule is O=C(O)CCC1CCCCN1C(=O)N1CCCSCC1. The van der Waals surface area contributed by atoms with Crippen molar-refractivity contribution in [2.24, 2.45) is 0 Å². The van der Waals surface area contributed by atoms with Crippen LogP contribution in [0.2, 0.25) is 0 Å². The summed E-state index contributed by atoms with van der Waals surface area (Å²) >= 11 is 1.91. The van der Waals surface area contributed by atoms with Crippen molar-refractivity contribution in [3.63, 3.8) is 0 Å². The summed E-state index contributed by atoms with van der Waals surface area (Å²) in [5.41, 5.74) is 0. The Balaban J connectivity index is 1.94. The maximum atomic E-state index is 12.7. The number of carbonyl (C=O) groups is 2. The van der Waals surface area contributed by atoms with E-state index in [0.717, 1.165) is 56.8 Å². The van der Waals surface area contributed by atoms with Crippen LogP contribution in [0.25, 0.3) is 0 Å². The topological polar surface area (TPSA) is 60.9 Å². The first-order valence-corrected chi connectivity index (χ1v) is 8.69. The molecule has 0 aliphatic carbocycles. The van der Waals surface area contributed by atoms with Gasteiger partial charge in [-0.25, -0.2) is 4.79 Å². The molecule has 2 rings (SSSR count). The second-order valence-electron chi connectivity index (χ2n) is 5.51. The van der Waals surface area contributed by atoms with E-state index in [9.17, 15) is 9.59 Å². The number of carboxylic acids is 1. The fourth-order valence-electron chi connectivity index (χ4n) is 2.96. The average molecular weight is 300 g/mol. The third-order valence-corrected chi connectivity index (χ3v) is 5.11. The summed E-state index contributed by atoms with van der Waals surface area (Å²) in [7, 11) is 0. The summed E-state index contributed by atoms with van der Waals surface area (Å²) in [6, 6.07) is 0.242. The van der Waals surface area contributed by atoms with E-state index in [-0.39, 0.29) is 18.5 Å². The van der Waals surface area contributed by atoms with Gasteiger partial charge >= 0.3 is 12.0 Å². The molecule has 1 atom stereocenters. The van der Waals surface area contributed by atoms with Gasteiger partial charge in [-0.05, 0) is 37.9 Å². The van der Waals surface area contributed by atoms with Crippen molar-refractivity contribution < 1.29 is 14.7 Å². The quantitative estimate of drug-likeness (QED) is 0.868. The fraction of sp³-hybridized carbons (Fsp3) is 0.857. The molecule has 114 valence electrons. The smallest absolute Gasteiger partial charge is 0.320 e. The Morgan fingerprint density at radius 3 is 2.75 bits per heavy atom. The molecule has 2 saturated heterocycles. The lowest BCUT2D eigenvalue weighted by Gasteiger charge is -2.38. The number of thioether (sulfide) groups is 1. The molecular weight excluding hydrogens is 276 g/mol. The van der Waals surface area contributed by atoms with Crippen molar-refractivity contribution in [3.05, 3.63) is 0 Å². The van der Waals surface area contributed by atoms with Crippen LogP contribution in [0.5, 0.6) is 0 Å². The lowest BCUT2D eigenvalue weighted by atomic mass is 9.98. The highest BCUT2D eigenvalue weighted by atomic mass is 32.2. The van der Waals surface area contributed by atoms with E-state index in [4.69, 9.17) is 5.11 Å². The summed E-state index contributed by atoms with van der Waals surface area (Å²) < 4.78 is 0. The molecule has 20 heavy (non-hydrogen) atoms. The van der Waals surface area contributed by atoms with Gasteiger partial charge in [0.2, 0.25) is 0 Å². The van der Waals surface area contributed by atoms with E-state index >= 15 is 0 Å². The highest BCUT2D eigenvalue weighted by Crippen LogP contribution is 2.23. The largest absolute Gasteiger partial charge is 0.481 e. The molecule has 1 unspecified atom stereocenters. The van der Waals surface area contributed by atoms with Crippen LogP contribution in [0.3, 0.4) is 0 Å². The Bertz CT molecular complexity index is 343. The number of aliphatic carboxylic acids is 1. The number of likely N-dealkylation sites (tertiary alicyclic amines) is 1. The van der Waals surface area contributed by atoms with Crippen molar-refractivity contribution in [1.82, 2.24) is 9.80 Å². The molecule has 5 nitrogen and oxygen atoms in total. The Morgan fingerprint density at radius 2 is 1.95 bits per heavy atom. The molecule has 6 heteroatoms. The summed E-state index contributed by atoms with van der Waals surface area (Å²) in [6.45, 7) is 2.45. The number of hydrogen-bond acceptors (Lipinski definition) is 3. The molecule has 0 aromatic carbocycles. The van der Waals surface area contributed by atoms with Gasteiger partial charge in [0, 0.05) is 37.8 Å². The first-order valence-electron chi connectivity index (χ1n) is 7.53. The second kappa shape index (κ2) is 7.76. The third-order valence-electron chi connectivity index (χ3n) is 4.06. The van der Waals surface area contributed by atoms with Gasteiger partial charge in [-0.2, -0.15) is 11.8 Å². The number of nitrogens with zero attached hydrogens (tertiary/aromatic N) is 2. The summed E-state index contributed by atoms with van der Waals surface area (Å²) in [4.78, 5) is 27.3.